The second-order valence-electron chi connectivity index (χ2n) is 5.87. The SMILES string of the molecule is CC(=O)N1c2ccccc2N(S(=O)(=O)c2ccccc2C#N)CC1C. The summed E-state index contributed by atoms with van der Waals surface area (Å²) in [6, 6.07) is 14.6. The zero-order chi connectivity index (χ0) is 18.2. The topological polar surface area (TPSA) is 81.5 Å². The third kappa shape index (κ3) is 2.75. The molecule has 0 fully saturated rings. The first-order valence-electron chi connectivity index (χ1n) is 7.78. The summed E-state index contributed by atoms with van der Waals surface area (Å²) in [4.78, 5) is 13.6. The summed E-state index contributed by atoms with van der Waals surface area (Å²) >= 11 is 0. The van der Waals surface area contributed by atoms with Crippen molar-refractivity contribution in [3.63, 3.8) is 0 Å². The maximum absolute atomic E-state index is 13.2. The lowest BCUT2D eigenvalue weighted by Crippen LogP contribution is -2.51. The number of fused-ring (bicyclic) bond motifs is 1. The Kier molecular flexibility index (Phi) is 4.23. The normalized spacial score (nSPS) is 16.9. The number of amides is 1. The average molecular weight is 355 g/mol. The highest BCUT2D eigenvalue weighted by molar-refractivity contribution is 7.93. The van der Waals surface area contributed by atoms with Crippen LogP contribution in [0.3, 0.4) is 0 Å². The van der Waals surface area contributed by atoms with Crippen LogP contribution >= 0.6 is 0 Å². The second-order valence-corrected chi connectivity index (χ2v) is 7.70. The molecule has 2 aromatic rings. The van der Waals surface area contributed by atoms with E-state index < -0.39 is 10.0 Å². The maximum Gasteiger partial charge on any atom is 0.265 e. The van der Waals surface area contributed by atoms with Crippen LogP contribution in [0.1, 0.15) is 19.4 Å². The number of para-hydroxylation sites is 2. The van der Waals surface area contributed by atoms with Gasteiger partial charge >= 0.3 is 0 Å². The van der Waals surface area contributed by atoms with Crippen molar-refractivity contribution in [1.82, 2.24) is 0 Å². The van der Waals surface area contributed by atoms with Crippen LogP contribution in [0.4, 0.5) is 11.4 Å². The molecular formula is C18H17N3O3S. The molecule has 1 amide bonds. The molecule has 25 heavy (non-hydrogen) atoms. The molecule has 0 spiro atoms. The summed E-state index contributed by atoms with van der Waals surface area (Å²) < 4.78 is 27.7. The Morgan fingerprint density at radius 3 is 2.36 bits per heavy atom. The van der Waals surface area contributed by atoms with Crippen molar-refractivity contribution in [2.24, 2.45) is 0 Å². The summed E-state index contributed by atoms with van der Waals surface area (Å²) in [5.74, 6) is -0.144. The largest absolute Gasteiger partial charge is 0.306 e. The van der Waals surface area contributed by atoms with Crippen molar-refractivity contribution in [3.05, 3.63) is 54.1 Å². The van der Waals surface area contributed by atoms with E-state index >= 15 is 0 Å². The Morgan fingerprint density at radius 2 is 1.72 bits per heavy atom. The zero-order valence-corrected chi connectivity index (χ0v) is 14.7. The van der Waals surface area contributed by atoms with E-state index in [0.29, 0.717) is 11.4 Å². The highest BCUT2D eigenvalue weighted by Crippen LogP contribution is 2.38. The summed E-state index contributed by atoms with van der Waals surface area (Å²) in [5, 5.41) is 9.26. The summed E-state index contributed by atoms with van der Waals surface area (Å²) in [6.07, 6.45) is 0. The number of nitriles is 1. The van der Waals surface area contributed by atoms with Gasteiger partial charge in [-0.05, 0) is 31.2 Å². The molecule has 1 heterocycles. The molecule has 1 aliphatic rings. The number of hydrogen-bond acceptors (Lipinski definition) is 4. The van der Waals surface area contributed by atoms with Gasteiger partial charge in [-0.15, -0.1) is 0 Å². The van der Waals surface area contributed by atoms with E-state index in [0.717, 1.165) is 0 Å². The van der Waals surface area contributed by atoms with Gasteiger partial charge in [-0.2, -0.15) is 5.26 Å². The smallest absolute Gasteiger partial charge is 0.265 e. The van der Waals surface area contributed by atoms with E-state index in [1.54, 1.807) is 48.2 Å². The van der Waals surface area contributed by atoms with Crippen LogP contribution in [0, 0.1) is 11.3 Å². The molecule has 1 aliphatic heterocycles. The Balaban J connectivity index is 2.19. The average Bonchev–Trinajstić information content (AvgIpc) is 2.60. The number of carbonyl (C=O) groups is 1. The summed E-state index contributed by atoms with van der Waals surface area (Å²) in [7, 11) is -3.93. The molecule has 0 saturated carbocycles. The second kappa shape index (κ2) is 6.22. The van der Waals surface area contributed by atoms with Gasteiger partial charge in [-0.3, -0.25) is 9.10 Å². The van der Waals surface area contributed by atoms with Gasteiger partial charge in [-0.25, -0.2) is 8.42 Å². The fraction of sp³-hybridized carbons (Fsp3) is 0.222. The lowest BCUT2D eigenvalue weighted by Gasteiger charge is -2.41. The Labute approximate surface area is 147 Å². The van der Waals surface area contributed by atoms with Gasteiger partial charge in [0, 0.05) is 6.92 Å². The van der Waals surface area contributed by atoms with Crippen LogP contribution in [0.25, 0.3) is 0 Å². The molecule has 2 aromatic carbocycles. The maximum atomic E-state index is 13.2. The van der Waals surface area contributed by atoms with Crippen LogP contribution in [-0.2, 0) is 14.8 Å². The fourth-order valence-electron chi connectivity index (χ4n) is 3.15. The first-order valence-corrected chi connectivity index (χ1v) is 9.22. The molecule has 0 saturated heterocycles. The molecule has 0 radical (unpaired) electrons. The number of nitrogens with zero attached hydrogens (tertiary/aromatic N) is 3. The predicted octanol–water partition coefficient (Wildman–Crippen LogP) is 2.51. The zero-order valence-electron chi connectivity index (χ0n) is 13.9. The van der Waals surface area contributed by atoms with Crippen LogP contribution in [0.2, 0.25) is 0 Å². The lowest BCUT2D eigenvalue weighted by atomic mass is 10.1. The van der Waals surface area contributed by atoms with Gasteiger partial charge in [0.1, 0.15) is 11.0 Å². The Bertz CT molecular complexity index is 979. The molecule has 1 unspecified atom stereocenters. The minimum atomic E-state index is -3.93. The first-order chi connectivity index (χ1) is 11.9. The summed E-state index contributed by atoms with van der Waals surface area (Å²) in [6.45, 7) is 3.39. The predicted molar refractivity (Wildman–Crippen MR) is 94.8 cm³/mol. The van der Waals surface area contributed by atoms with Gasteiger partial charge in [0.05, 0.1) is 29.5 Å². The third-order valence-electron chi connectivity index (χ3n) is 4.20. The molecular weight excluding hydrogens is 338 g/mol. The monoisotopic (exact) mass is 355 g/mol. The fourth-order valence-corrected chi connectivity index (χ4v) is 4.85. The third-order valence-corrected chi connectivity index (χ3v) is 6.03. The standard InChI is InChI=1S/C18H17N3O3S/c1-13-12-20(16-8-4-5-9-17(16)21(13)14(2)22)25(23,24)18-10-6-3-7-15(18)11-19/h3-10,13H,12H2,1-2H3. The van der Waals surface area contributed by atoms with E-state index in [1.165, 1.54) is 23.4 Å². The minimum absolute atomic E-state index is 0.0317. The molecule has 6 nitrogen and oxygen atoms in total. The lowest BCUT2D eigenvalue weighted by molar-refractivity contribution is -0.117. The number of benzene rings is 2. The minimum Gasteiger partial charge on any atom is -0.306 e. The Hall–Kier alpha value is -2.85. The van der Waals surface area contributed by atoms with Crippen LogP contribution in [0.15, 0.2) is 53.4 Å². The number of anilines is 2. The molecule has 7 heteroatoms. The quantitative estimate of drug-likeness (QED) is 0.829. The van der Waals surface area contributed by atoms with E-state index in [2.05, 4.69) is 0 Å². The van der Waals surface area contributed by atoms with E-state index in [-0.39, 0.29) is 29.0 Å². The van der Waals surface area contributed by atoms with Gasteiger partial charge in [0.15, 0.2) is 0 Å². The molecule has 3 rings (SSSR count). The molecule has 0 N–H and O–H groups in total. The number of carbonyl (C=O) groups excluding carboxylic acids is 1. The van der Waals surface area contributed by atoms with Gasteiger partial charge in [0.2, 0.25) is 5.91 Å². The van der Waals surface area contributed by atoms with E-state index in [4.69, 9.17) is 0 Å². The first kappa shape index (κ1) is 17.0. The van der Waals surface area contributed by atoms with Gasteiger partial charge in [0.25, 0.3) is 10.0 Å². The number of rotatable bonds is 2. The van der Waals surface area contributed by atoms with Crippen molar-refractivity contribution in [2.75, 3.05) is 15.7 Å². The molecule has 0 aliphatic carbocycles. The van der Waals surface area contributed by atoms with Gasteiger partial charge in [-0.1, -0.05) is 24.3 Å². The van der Waals surface area contributed by atoms with Crippen LogP contribution in [-0.4, -0.2) is 26.9 Å². The van der Waals surface area contributed by atoms with E-state index in [9.17, 15) is 18.5 Å². The van der Waals surface area contributed by atoms with Crippen molar-refractivity contribution >= 4 is 27.3 Å². The number of hydrogen-bond donors (Lipinski definition) is 0. The van der Waals surface area contributed by atoms with Gasteiger partial charge < -0.3 is 4.90 Å². The van der Waals surface area contributed by atoms with E-state index in [1.807, 2.05) is 6.07 Å². The van der Waals surface area contributed by atoms with Crippen LogP contribution in [0.5, 0.6) is 0 Å². The van der Waals surface area contributed by atoms with Crippen molar-refractivity contribution in [1.29, 1.82) is 5.26 Å². The number of sulfonamides is 1. The highest BCUT2D eigenvalue weighted by atomic mass is 32.2. The Morgan fingerprint density at radius 1 is 1.12 bits per heavy atom. The molecule has 1 atom stereocenters. The summed E-state index contributed by atoms with van der Waals surface area (Å²) in [5.41, 5.74) is 1.08. The highest BCUT2D eigenvalue weighted by Gasteiger charge is 2.37. The van der Waals surface area contributed by atoms with Crippen LogP contribution < -0.4 is 9.21 Å². The van der Waals surface area contributed by atoms with Crippen molar-refractivity contribution < 1.29 is 13.2 Å². The molecule has 128 valence electrons. The molecule has 0 bridgehead atoms. The van der Waals surface area contributed by atoms with Crippen molar-refractivity contribution in [3.8, 4) is 6.07 Å². The van der Waals surface area contributed by atoms with Crippen molar-refractivity contribution in [2.45, 2.75) is 24.8 Å². The molecule has 0 aromatic heterocycles.